The molecule has 9 aromatic carbocycles. The van der Waals surface area contributed by atoms with Gasteiger partial charge in [0.25, 0.3) is 0 Å². The summed E-state index contributed by atoms with van der Waals surface area (Å²) in [4.78, 5) is 0. The highest BCUT2D eigenvalue weighted by molar-refractivity contribution is 7.64. The Balaban J connectivity index is 0.000000377. The van der Waals surface area contributed by atoms with Crippen LogP contribution in [0.15, 0.2) is 30.3 Å². The van der Waals surface area contributed by atoms with Crippen molar-refractivity contribution in [1.82, 2.24) is 0 Å². The fourth-order valence-corrected chi connectivity index (χ4v) is 12.4. The van der Waals surface area contributed by atoms with Crippen LogP contribution in [0.5, 0.6) is 0 Å². The first-order valence-corrected chi connectivity index (χ1v) is 25.6. The first-order chi connectivity index (χ1) is 40.2. The van der Waals surface area contributed by atoms with Crippen LogP contribution in [0.4, 0.5) is 140 Å². The Morgan fingerprint density at radius 3 is 0.793 bits per heavy atom. The molecule has 0 N–H and O–H groups in total. The molecule has 0 saturated carbocycles. The van der Waals surface area contributed by atoms with Gasteiger partial charge in [-0.05, 0) is 52.2 Å². The molecule has 34 heteroatoms. The maximum Gasteiger partial charge on any atom is 0.458 e. The summed E-state index contributed by atoms with van der Waals surface area (Å²) in [6, 6.07) is -2.87. The first-order valence-electron chi connectivity index (χ1n) is 23.4. The summed E-state index contributed by atoms with van der Waals surface area (Å²) >= 11 is 0. The second-order valence-electron chi connectivity index (χ2n) is 18.8. The van der Waals surface area contributed by atoms with Crippen molar-refractivity contribution in [3.63, 3.8) is 0 Å². The number of unbranched alkanes of at least 4 members (excludes halogenated alkanes) is 1. The molecular formula is C53H18BF32P. The van der Waals surface area contributed by atoms with Gasteiger partial charge in [0, 0.05) is 14.0 Å². The minimum absolute atomic E-state index is 0.347. The Labute approximate surface area is 461 Å². The highest BCUT2D eigenvalue weighted by Gasteiger charge is 2.62. The number of benzene rings is 9. The van der Waals surface area contributed by atoms with Crippen LogP contribution < -0.4 is 27.2 Å². The van der Waals surface area contributed by atoms with E-state index < -0.39 is 283 Å². The van der Waals surface area contributed by atoms with E-state index >= 15 is 87.8 Å². The SMILES string of the molecule is CCCC[PH+](C)c1cc(F)c(F)c(C(F)(F)C(F)(F)F)c1F.Fc1cc2c([B-](c3c(F)c(F)c(F)c4c(F)c(F)c(F)cc34)(c3c(F)c(F)c(F)c4c(F)c(F)c(F)cc34)c3c(F)c(F)c(F)c4c(F)c(F)c(F)cc34)c(F)c(F)c(F)c2c(F)c1F. The van der Waals surface area contributed by atoms with Crippen LogP contribution in [0.3, 0.4) is 0 Å². The second kappa shape index (κ2) is 22.5. The zero-order chi connectivity index (χ0) is 65.4. The Morgan fingerprint density at radius 1 is 0.310 bits per heavy atom. The molecule has 462 valence electrons. The van der Waals surface area contributed by atoms with Gasteiger partial charge in [-0.25, -0.2) is 119 Å². The maximum absolute atomic E-state index is 17.3. The minimum Gasteiger partial charge on any atom is -0.207 e. The number of rotatable bonds is 9. The van der Waals surface area contributed by atoms with Crippen LogP contribution >= 0.6 is 7.92 Å². The number of halogens is 32. The molecule has 9 rings (SSSR count). The van der Waals surface area contributed by atoms with Gasteiger partial charge in [0.1, 0.15) is 40.3 Å². The Morgan fingerprint density at radius 2 is 0.552 bits per heavy atom. The van der Waals surface area contributed by atoms with Gasteiger partial charge in [-0.1, -0.05) is 13.3 Å². The molecule has 0 aromatic heterocycles. The molecule has 0 aliphatic rings. The molecule has 0 aliphatic heterocycles. The summed E-state index contributed by atoms with van der Waals surface area (Å²) in [6.07, 6.45) is -11.6. The van der Waals surface area contributed by atoms with E-state index in [1.807, 2.05) is 0 Å². The predicted octanol–water partition coefficient (Wildman–Crippen LogP) is 16.0. The topological polar surface area (TPSA) is 0 Å². The molecule has 87 heavy (non-hydrogen) atoms. The van der Waals surface area contributed by atoms with E-state index in [0.717, 1.165) is 0 Å². The van der Waals surface area contributed by atoms with Crippen molar-refractivity contribution < 1.29 is 140 Å². The predicted molar refractivity (Wildman–Crippen MR) is 249 cm³/mol. The minimum atomic E-state index is -7.01. The average Bonchev–Trinajstić information content (AvgIpc) is 0.677. The highest BCUT2D eigenvalue weighted by Crippen LogP contribution is 2.48. The molecule has 1 atom stereocenters. The standard InChI is InChI=1S/C40H4BF24.C13H13F8P/c42-9-1-5-13(25(50)21(9)46)29(54)37(62)33(58)17(5)41(18-6-2-10(43)22(47)26(51)14(6)30(55)38(63)34(18)59,19-7-3-11(44)23(48)27(52)15(7)31(56)39(64)35(19)60)20-8-4-12(45)24(49)28(53)16(8)32(57)40(65)36(20)61;1-3-4-5-22(2)8-6-7(14)10(15)9(11(8)16)12(17,18)13(19,20)21/h1-4H;6H,3-5H2,1-2H3/q-1;/p+1. The van der Waals surface area contributed by atoms with E-state index in [0.29, 0.717) is 25.1 Å². The number of fused-ring (bicyclic) bond motifs is 4. The van der Waals surface area contributed by atoms with Gasteiger partial charge in [0.2, 0.25) is 0 Å². The molecule has 0 nitrogen and oxygen atoms in total. The Hall–Kier alpha value is -7.73. The lowest BCUT2D eigenvalue weighted by molar-refractivity contribution is -0.291. The summed E-state index contributed by atoms with van der Waals surface area (Å²) in [7, 11) is -1.91. The van der Waals surface area contributed by atoms with Gasteiger partial charge in [-0.15, -0.1) is 21.9 Å². The zero-order valence-corrected chi connectivity index (χ0v) is 42.7. The quantitative estimate of drug-likeness (QED) is 0.0444. The van der Waals surface area contributed by atoms with Crippen molar-refractivity contribution in [2.24, 2.45) is 0 Å². The molecule has 9 aromatic rings. The number of hydrogen-bond acceptors (Lipinski definition) is 0. The van der Waals surface area contributed by atoms with Gasteiger partial charge in [-0.2, -0.15) is 22.0 Å². The lowest BCUT2D eigenvalue weighted by Crippen LogP contribution is -2.78. The molecule has 0 bridgehead atoms. The fourth-order valence-electron chi connectivity index (χ4n) is 10.3. The summed E-state index contributed by atoms with van der Waals surface area (Å²) in [6.45, 7) is 3.26. The Kier molecular flexibility index (Phi) is 16.8. The molecule has 0 amide bonds. The number of alkyl halides is 5. The van der Waals surface area contributed by atoms with Gasteiger partial charge in [0.15, 0.2) is 134 Å². The van der Waals surface area contributed by atoms with E-state index in [4.69, 9.17) is 0 Å². The molecule has 0 heterocycles. The summed E-state index contributed by atoms with van der Waals surface area (Å²) in [5.41, 5.74) is -14.7. The second-order valence-corrected chi connectivity index (χ2v) is 21.4. The summed E-state index contributed by atoms with van der Waals surface area (Å²) in [5.74, 6) is -88.0. The van der Waals surface area contributed by atoms with Crippen molar-refractivity contribution in [3.8, 4) is 0 Å². The third-order valence-electron chi connectivity index (χ3n) is 14.1. The zero-order valence-electron chi connectivity index (χ0n) is 41.7. The van der Waals surface area contributed by atoms with Crippen LogP contribution in [0.25, 0.3) is 43.1 Å². The van der Waals surface area contributed by atoms with Crippen molar-refractivity contribution >= 4 is 84.3 Å². The highest BCUT2D eigenvalue weighted by atomic mass is 31.1. The van der Waals surface area contributed by atoms with E-state index in [1.165, 1.54) is 6.66 Å². The smallest absolute Gasteiger partial charge is 0.207 e. The van der Waals surface area contributed by atoms with E-state index in [2.05, 4.69) is 0 Å². The van der Waals surface area contributed by atoms with Gasteiger partial charge >= 0.3 is 12.1 Å². The molecule has 1 unspecified atom stereocenters. The van der Waals surface area contributed by atoms with E-state index in [1.54, 1.807) is 6.92 Å². The summed E-state index contributed by atoms with van der Waals surface area (Å²) in [5, 5.41) is -21.1. The lowest BCUT2D eigenvalue weighted by Gasteiger charge is -2.47. The van der Waals surface area contributed by atoms with E-state index in [-0.39, 0.29) is 0 Å². The fraction of sp³-hybridized carbons (Fsp3) is 0.132. The third kappa shape index (κ3) is 9.47. The van der Waals surface area contributed by atoms with Crippen LogP contribution in [0.2, 0.25) is 0 Å². The average molecular weight is 1300 g/mol. The van der Waals surface area contributed by atoms with Crippen molar-refractivity contribution in [3.05, 3.63) is 193 Å². The Bertz CT molecular complexity index is 3960. The van der Waals surface area contributed by atoms with Crippen LogP contribution in [-0.4, -0.2) is 25.1 Å². The molecular weight excluding hydrogens is 1290 g/mol. The van der Waals surface area contributed by atoms with Crippen molar-refractivity contribution in [2.75, 3.05) is 12.8 Å². The monoisotopic (exact) mass is 1300 g/mol. The molecule has 0 aliphatic carbocycles. The van der Waals surface area contributed by atoms with Crippen LogP contribution in [0.1, 0.15) is 25.3 Å². The lowest BCUT2D eigenvalue weighted by atomic mass is 9.11. The molecule has 0 radical (unpaired) electrons. The third-order valence-corrected chi connectivity index (χ3v) is 16.5. The van der Waals surface area contributed by atoms with Crippen LogP contribution in [0, 0.1) is 157 Å². The normalized spacial score (nSPS) is 12.8. The number of hydrogen-bond donors (Lipinski definition) is 0. The van der Waals surface area contributed by atoms with Gasteiger partial charge < -0.3 is 0 Å². The van der Waals surface area contributed by atoms with Crippen molar-refractivity contribution in [1.29, 1.82) is 0 Å². The molecule has 0 saturated heterocycles. The first kappa shape index (κ1) is 65.3. The van der Waals surface area contributed by atoms with Crippen molar-refractivity contribution in [2.45, 2.75) is 31.9 Å². The van der Waals surface area contributed by atoms with Gasteiger partial charge in [0.05, 0.1) is 34.4 Å². The summed E-state index contributed by atoms with van der Waals surface area (Å²) < 4.78 is 484. The van der Waals surface area contributed by atoms with E-state index in [9.17, 15) is 52.7 Å². The molecule has 0 spiro atoms. The van der Waals surface area contributed by atoms with Gasteiger partial charge in [-0.3, -0.25) is 0 Å². The largest absolute Gasteiger partial charge is 0.458 e. The maximum atomic E-state index is 17.3. The molecule has 0 fully saturated rings. The van der Waals surface area contributed by atoms with Crippen LogP contribution in [-0.2, 0) is 5.92 Å².